The summed E-state index contributed by atoms with van der Waals surface area (Å²) in [7, 11) is 0. The highest BCUT2D eigenvalue weighted by Gasteiger charge is 2.11. The molecule has 0 spiro atoms. The number of carbonyl (C=O) groups excluding carboxylic acids is 1. The van der Waals surface area contributed by atoms with Crippen molar-refractivity contribution in [3.63, 3.8) is 0 Å². The average molecular weight is 440 g/mol. The van der Waals surface area contributed by atoms with Crippen molar-refractivity contribution >= 4 is 61.5 Å². The maximum atomic E-state index is 13.4. The Labute approximate surface area is 130 Å². The third kappa shape index (κ3) is 3.10. The lowest BCUT2D eigenvalue weighted by molar-refractivity contribution is 0.102. The lowest BCUT2D eigenvalue weighted by Crippen LogP contribution is -2.12. The van der Waals surface area contributed by atoms with E-state index in [0.717, 1.165) is 8.45 Å². The van der Waals surface area contributed by atoms with E-state index in [1.165, 1.54) is 17.4 Å². The minimum atomic E-state index is -0.393. The molecule has 0 fully saturated rings. The fourth-order valence-corrected chi connectivity index (χ4v) is 3.19. The first-order chi connectivity index (χ1) is 8.47. The highest BCUT2D eigenvalue weighted by Crippen LogP contribution is 2.25. The van der Waals surface area contributed by atoms with Crippen molar-refractivity contribution in [1.29, 1.82) is 0 Å². The van der Waals surface area contributed by atoms with Gasteiger partial charge in [0.25, 0.3) is 5.91 Å². The Bertz CT molecular complexity index is 614. The molecule has 18 heavy (non-hydrogen) atoms. The smallest absolute Gasteiger partial charge is 0.256 e. The van der Waals surface area contributed by atoms with Crippen LogP contribution in [0.2, 0.25) is 0 Å². The number of amides is 1. The predicted octanol–water partition coefficient (Wildman–Crippen LogP) is 4.82. The minimum Gasteiger partial charge on any atom is -0.322 e. The van der Waals surface area contributed by atoms with E-state index in [1.54, 1.807) is 17.5 Å². The zero-order valence-corrected chi connectivity index (χ0v) is 13.8. The summed E-state index contributed by atoms with van der Waals surface area (Å²) < 4.78 is 14.8. The van der Waals surface area contributed by atoms with Crippen molar-refractivity contribution in [3.8, 4) is 0 Å². The standard InChI is InChI=1S/C12H8BrFINOS/c1-6-2-8(13)9(14)4-10(6)16-12(17)7-3-11(15)18-5-7/h2-5H,1H3,(H,16,17). The first-order valence-electron chi connectivity index (χ1n) is 4.98. The Hall–Kier alpha value is -0.470. The molecule has 94 valence electrons. The molecule has 1 N–H and O–H groups in total. The summed E-state index contributed by atoms with van der Waals surface area (Å²) in [6.45, 7) is 1.82. The normalized spacial score (nSPS) is 10.4. The number of hydrogen-bond acceptors (Lipinski definition) is 2. The summed E-state index contributed by atoms with van der Waals surface area (Å²) >= 11 is 6.76. The molecule has 0 saturated carbocycles. The Morgan fingerprint density at radius 3 is 2.78 bits per heavy atom. The second kappa shape index (κ2) is 5.66. The Morgan fingerprint density at radius 1 is 1.44 bits per heavy atom. The van der Waals surface area contributed by atoms with Gasteiger partial charge in [-0.2, -0.15) is 0 Å². The van der Waals surface area contributed by atoms with Gasteiger partial charge in [0, 0.05) is 11.1 Å². The summed E-state index contributed by atoms with van der Waals surface area (Å²) in [5, 5.41) is 4.49. The van der Waals surface area contributed by atoms with Gasteiger partial charge in [-0.25, -0.2) is 4.39 Å². The molecule has 1 aromatic heterocycles. The van der Waals surface area contributed by atoms with Crippen molar-refractivity contribution in [2.75, 3.05) is 5.32 Å². The second-order valence-corrected chi connectivity index (χ2v) is 7.33. The molecule has 0 aliphatic heterocycles. The van der Waals surface area contributed by atoms with Crippen LogP contribution in [0.1, 0.15) is 15.9 Å². The van der Waals surface area contributed by atoms with E-state index in [4.69, 9.17) is 0 Å². The SMILES string of the molecule is Cc1cc(Br)c(F)cc1NC(=O)c1csc(I)c1. The number of carbonyl (C=O) groups is 1. The molecule has 0 aliphatic rings. The fourth-order valence-electron chi connectivity index (χ4n) is 1.40. The summed E-state index contributed by atoms with van der Waals surface area (Å²) in [6, 6.07) is 4.75. The number of anilines is 1. The van der Waals surface area contributed by atoms with Gasteiger partial charge < -0.3 is 5.32 Å². The van der Waals surface area contributed by atoms with Crippen molar-refractivity contribution < 1.29 is 9.18 Å². The second-order valence-electron chi connectivity index (χ2n) is 3.67. The molecule has 0 aliphatic carbocycles. The average Bonchev–Trinajstić information content (AvgIpc) is 2.73. The van der Waals surface area contributed by atoms with Gasteiger partial charge in [-0.15, -0.1) is 11.3 Å². The molecule has 0 radical (unpaired) electrons. The molecule has 1 aromatic carbocycles. The topological polar surface area (TPSA) is 29.1 Å². The number of halogens is 3. The zero-order chi connectivity index (χ0) is 13.3. The third-order valence-electron chi connectivity index (χ3n) is 2.35. The summed E-state index contributed by atoms with van der Waals surface area (Å²) in [6.07, 6.45) is 0. The van der Waals surface area contributed by atoms with Crippen LogP contribution in [-0.4, -0.2) is 5.91 Å². The molecule has 0 saturated heterocycles. The molecule has 0 atom stereocenters. The predicted molar refractivity (Wildman–Crippen MR) is 83.8 cm³/mol. The fraction of sp³-hybridized carbons (Fsp3) is 0.0833. The van der Waals surface area contributed by atoms with Gasteiger partial charge >= 0.3 is 0 Å². The van der Waals surface area contributed by atoms with Gasteiger partial charge in [-0.1, -0.05) is 0 Å². The molecule has 6 heteroatoms. The number of rotatable bonds is 2. The summed E-state index contributed by atoms with van der Waals surface area (Å²) in [5.74, 6) is -0.616. The Kier molecular flexibility index (Phi) is 4.39. The zero-order valence-electron chi connectivity index (χ0n) is 9.26. The third-order valence-corrected chi connectivity index (χ3v) is 4.74. The summed E-state index contributed by atoms with van der Waals surface area (Å²) in [4.78, 5) is 11.9. The molecule has 1 heterocycles. The minimum absolute atomic E-state index is 0.223. The maximum absolute atomic E-state index is 13.4. The van der Waals surface area contributed by atoms with Gasteiger partial charge in [-0.3, -0.25) is 4.79 Å². The van der Waals surface area contributed by atoms with Crippen LogP contribution < -0.4 is 5.32 Å². The van der Waals surface area contributed by atoms with Crippen LogP contribution in [0.15, 0.2) is 28.1 Å². The number of thiophene rings is 1. The van der Waals surface area contributed by atoms with Crippen molar-refractivity contribution in [2.24, 2.45) is 0 Å². The Morgan fingerprint density at radius 2 is 2.17 bits per heavy atom. The molecule has 1 amide bonds. The van der Waals surface area contributed by atoms with E-state index in [2.05, 4.69) is 43.8 Å². The molecule has 0 bridgehead atoms. The van der Waals surface area contributed by atoms with Crippen molar-refractivity contribution in [3.05, 3.63) is 47.9 Å². The molecule has 2 nitrogen and oxygen atoms in total. The number of aryl methyl sites for hydroxylation is 1. The molecular formula is C12H8BrFINOS. The van der Waals surface area contributed by atoms with Crippen LogP contribution in [0.5, 0.6) is 0 Å². The highest BCUT2D eigenvalue weighted by atomic mass is 127. The van der Waals surface area contributed by atoms with Crippen LogP contribution in [0.3, 0.4) is 0 Å². The molecule has 0 unspecified atom stereocenters. The lowest BCUT2D eigenvalue weighted by Gasteiger charge is -2.08. The molecule has 2 aromatic rings. The van der Waals surface area contributed by atoms with Gasteiger partial charge in [-0.05, 0) is 69.2 Å². The van der Waals surface area contributed by atoms with Crippen molar-refractivity contribution in [2.45, 2.75) is 6.92 Å². The van der Waals surface area contributed by atoms with E-state index in [9.17, 15) is 9.18 Å². The monoisotopic (exact) mass is 439 g/mol. The van der Waals surface area contributed by atoms with E-state index in [1.807, 2.05) is 6.92 Å². The maximum Gasteiger partial charge on any atom is 0.256 e. The Balaban J connectivity index is 2.24. The van der Waals surface area contributed by atoms with Gasteiger partial charge in [0.2, 0.25) is 0 Å². The van der Waals surface area contributed by atoms with Gasteiger partial charge in [0.15, 0.2) is 0 Å². The number of benzene rings is 1. The van der Waals surface area contributed by atoms with E-state index < -0.39 is 5.82 Å². The molecular weight excluding hydrogens is 432 g/mol. The van der Waals surface area contributed by atoms with E-state index in [-0.39, 0.29) is 5.91 Å². The van der Waals surface area contributed by atoms with Crippen LogP contribution in [0.25, 0.3) is 0 Å². The van der Waals surface area contributed by atoms with Gasteiger partial charge in [0.1, 0.15) is 5.82 Å². The van der Waals surface area contributed by atoms with Gasteiger partial charge in [0.05, 0.1) is 12.9 Å². The van der Waals surface area contributed by atoms with E-state index in [0.29, 0.717) is 15.7 Å². The highest BCUT2D eigenvalue weighted by molar-refractivity contribution is 14.1. The van der Waals surface area contributed by atoms with Crippen molar-refractivity contribution in [1.82, 2.24) is 0 Å². The van der Waals surface area contributed by atoms with Crippen LogP contribution in [-0.2, 0) is 0 Å². The van der Waals surface area contributed by atoms with Crippen LogP contribution in [0.4, 0.5) is 10.1 Å². The quantitative estimate of drug-likeness (QED) is 0.668. The number of hydrogen-bond donors (Lipinski definition) is 1. The first kappa shape index (κ1) is 14.0. The molecule has 2 rings (SSSR count). The van der Waals surface area contributed by atoms with Crippen LogP contribution in [0, 0.1) is 15.6 Å². The lowest BCUT2D eigenvalue weighted by atomic mass is 10.2. The largest absolute Gasteiger partial charge is 0.322 e. The summed E-state index contributed by atoms with van der Waals surface area (Å²) in [5.41, 5.74) is 1.88. The number of nitrogens with one attached hydrogen (secondary N) is 1. The first-order valence-corrected chi connectivity index (χ1v) is 7.73. The van der Waals surface area contributed by atoms with E-state index >= 15 is 0 Å². The van der Waals surface area contributed by atoms with Crippen LogP contribution >= 0.6 is 49.9 Å².